The molecule has 0 saturated heterocycles. The number of nitrogens with zero attached hydrogens (tertiary/aromatic N) is 2. The Balaban J connectivity index is 0.800. The summed E-state index contributed by atoms with van der Waals surface area (Å²) in [5.74, 6) is 0. The summed E-state index contributed by atoms with van der Waals surface area (Å²) in [6, 6.07) is 78.4. The molecule has 0 N–H and O–H groups in total. The van der Waals surface area contributed by atoms with E-state index in [0.29, 0.717) is 0 Å². The predicted octanol–water partition coefficient (Wildman–Crippen LogP) is 23.9. The normalized spacial score (nSPS) is 14.4. The Hall–Kier alpha value is -8.46. The number of fused-ring (bicyclic) bond motifs is 7. The van der Waals surface area contributed by atoms with Crippen LogP contribution in [-0.2, 0) is 32.5 Å². The van der Waals surface area contributed by atoms with Crippen molar-refractivity contribution in [1.82, 2.24) is 0 Å². The van der Waals surface area contributed by atoms with Gasteiger partial charge in [-0.15, -0.1) is 0 Å². The van der Waals surface area contributed by atoms with E-state index in [4.69, 9.17) is 0 Å². The molecule has 0 saturated carbocycles. The quantitative estimate of drug-likeness (QED) is 0.126. The van der Waals surface area contributed by atoms with Gasteiger partial charge in [-0.05, 0) is 194 Å². The van der Waals surface area contributed by atoms with E-state index in [-0.39, 0.29) is 32.5 Å². The fraction of sp³-hybridized carbons (Fsp3) is 0.262. The number of anilines is 6. The highest BCUT2D eigenvalue weighted by atomic mass is 15.1. The van der Waals surface area contributed by atoms with Gasteiger partial charge < -0.3 is 9.80 Å². The molecule has 10 aromatic carbocycles. The first-order valence-electron chi connectivity index (χ1n) is 31.1. The molecule has 0 heterocycles. The summed E-state index contributed by atoms with van der Waals surface area (Å²) in [7, 11) is 0. The largest absolute Gasteiger partial charge is 0.310 e. The predicted molar refractivity (Wildman–Crippen MR) is 374 cm³/mol. The molecule has 0 amide bonds. The molecule has 0 aliphatic heterocycles. The number of benzene rings is 10. The van der Waals surface area contributed by atoms with Crippen molar-refractivity contribution in [2.75, 3.05) is 9.80 Å². The zero-order valence-electron chi connectivity index (χ0n) is 53.8. The molecule has 86 heavy (non-hydrogen) atoms. The second-order valence-electron chi connectivity index (χ2n) is 29.6. The maximum atomic E-state index is 2.44. The summed E-state index contributed by atoms with van der Waals surface area (Å²) in [5, 5.41) is 2.48. The molecule has 0 radical (unpaired) electrons. The molecule has 0 spiro atoms. The molecular weight excluding hydrogens is 1040 g/mol. The molecule has 0 unspecified atom stereocenters. The van der Waals surface area contributed by atoms with Crippen molar-refractivity contribution in [3.63, 3.8) is 0 Å². The molecule has 0 fully saturated rings. The summed E-state index contributed by atoms with van der Waals surface area (Å²) < 4.78 is 0. The van der Waals surface area contributed by atoms with Crippen LogP contribution in [0.2, 0.25) is 0 Å². The molecule has 2 nitrogen and oxygen atoms in total. The van der Waals surface area contributed by atoms with Gasteiger partial charge in [-0.2, -0.15) is 0 Å². The Morgan fingerprint density at radius 1 is 0.267 bits per heavy atom. The summed E-state index contributed by atoms with van der Waals surface area (Å²) in [6.07, 6.45) is 9.19. The third-order valence-corrected chi connectivity index (χ3v) is 18.7. The average molecular weight is 1120 g/mol. The van der Waals surface area contributed by atoms with Gasteiger partial charge in [0, 0.05) is 45.0 Å². The van der Waals surface area contributed by atoms with Crippen LogP contribution in [0.15, 0.2) is 206 Å². The van der Waals surface area contributed by atoms with E-state index < -0.39 is 0 Å². The lowest BCUT2D eigenvalue weighted by Crippen LogP contribution is -2.17. The number of hydrogen-bond donors (Lipinski definition) is 0. The molecule has 432 valence electrons. The van der Waals surface area contributed by atoms with E-state index in [1.54, 1.807) is 0 Å². The van der Waals surface area contributed by atoms with Gasteiger partial charge in [-0.25, -0.2) is 0 Å². The second-order valence-corrected chi connectivity index (χ2v) is 29.6. The second kappa shape index (κ2) is 21.2. The van der Waals surface area contributed by atoms with Crippen molar-refractivity contribution in [3.05, 3.63) is 273 Å². The van der Waals surface area contributed by atoms with Crippen molar-refractivity contribution < 1.29 is 0 Å². The number of hydrogen-bond acceptors (Lipinski definition) is 2. The summed E-state index contributed by atoms with van der Waals surface area (Å²) in [5.41, 5.74) is 27.6. The SMILES string of the molecule is CC(C)(C)c1ccc(N(c2ccc(C(C)(C)C)cc2)c2ccc3c(c2)C(C)(C)c2cc(C=Cc4cccc5c(C=Cc6ccc7c(c6)C(C)(C)c6cc(N(c8ccc(C(C)(C)C)cc8)c8ccc(C(C)(C)C)cc8)ccc6-7)cccc45)ccc2-3)cc1. The van der Waals surface area contributed by atoms with Crippen LogP contribution in [0.1, 0.15) is 178 Å². The molecule has 0 aromatic heterocycles. The van der Waals surface area contributed by atoms with Crippen molar-refractivity contribution in [2.24, 2.45) is 0 Å². The van der Waals surface area contributed by atoms with Crippen LogP contribution in [0.3, 0.4) is 0 Å². The fourth-order valence-electron chi connectivity index (χ4n) is 13.3. The van der Waals surface area contributed by atoms with Crippen LogP contribution < -0.4 is 9.80 Å². The molecule has 0 bridgehead atoms. The maximum absolute atomic E-state index is 2.44. The van der Waals surface area contributed by atoms with Crippen molar-refractivity contribution in [3.8, 4) is 22.3 Å². The summed E-state index contributed by atoms with van der Waals surface area (Å²) in [6.45, 7) is 36.9. The highest BCUT2D eigenvalue weighted by molar-refractivity contribution is 5.99. The van der Waals surface area contributed by atoms with Crippen LogP contribution >= 0.6 is 0 Å². The average Bonchev–Trinajstić information content (AvgIpc) is 1.61. The number of rotatable bonds is 10. The molecule has 2 aliphatic rings. The van der Waals surface area contributed by atoms with Crippen LogP contribution in [0.4, 0.5) is 34.1 Å². The van der Waals surface area contributed by atoms with Crippen molar-refractivity contribution in [2.45, 2.75) is 143 Å². The highest BCUT2D eigenvalue weighted by Crippen LogP contribution is 2.53. The van der Waals surface area contributed by atoms with Gasteiger partial charge in [0.2, 0.25) is 0 Å². The van der Waals surface area contributed by atoms with E-state index in [0.717, 1.165) is 22.7 Å². The Kier molecular flexibility index (Phi) is 14.3. The lowest BCUT2D eigenvalue weighted by molar-refractivity contribution is 0.590. The van der Waals surface area contributed by atoms with E-state index in [9.17, 15) is 0 Å². The van der Waals surface area contributed by atoms with Crippen LogP contribution in [0.5, 0.6) is 0 Å². The summed E-state index contributed by atoms with van der Waals surface area (Å²) in [4.78, 5) is 4.85. The van der Waals surface area contributed by atoms with Gasteiger partial charge in [0.15, 0.2) is 0 Å². The van der Waals surface area contributed by atoms with Gasteiger partial charge in [0.1, 0.15) is 0 Å². The Morgan fingerprint density at radius 2 is 0.523 bits per heavy atom. The molecular formula is C84H86N2. The molecule has 0 atom stereocenters. The Bertz CT molecular complexity index is 3870. The van der Waals surface area contributed by atoms with Gasteiger partial charge in [0.25, 0.3) is 0 Å². The first kappa shape index (κ1) is 57.9. The lowest BCUT2D eigenvalue weighted by Gasteiger charge is -2.29. The van der Waals surface area contributed by atoms with Crippen LogP contribution in [-0.4, -0.2) is 0 Å². The van der Waals surface area contributed by atoms with Gasteiger partial charge in [0.05, 0.1) is 0 Å². The van der Waals surface area contributed by atoms with E-state index in [1.807, 2.05) is 0 Å². The minimum atomic E-state index is -0.202. The Labute approximate surface area is 514 Å². The van der Waals surface area contributed by atoms with Gasteiger partial charge in [-0.1, -0.05) is 269 Å². The Morgan fingerprint density at radius 3 is 0.802 bits per heavy atom. The first-order chi connectivity index (χ1) is 40.6. The first-order valence-corrected chi connectivity index (χ1v) is 31.1. The van der Waals surface area contributed by atoms with E-state index >= 15 is 0 Å². The molecule has 2 aliphatic carbocycles. The van der Waals surface area contributed by atoms with E-state index in [1.165, 1.54) is 111 Å². The van der Waals surface area contributed by atoms with Crippen molar-refractivity contribution >= 4 is 69.2 Å². The van der Waals surface area contributed by atoms with Crippen molar-refractivity contribution in [1.29, 1.82) is 0 Å². The van der Waals surface area contributed by atoms with Gasteiger partial charge in [-0.3, -0.25) is 0 Å². The standard InChI is InChI=1S/C84H86N2/c1-79(2,3)59-29-37-63(38-30-59)85(64-39-31-60(32-40-64)80(4,5)6)67-45-49-73-71-47-25-55(51-75(71)83(13,14)77(73)53-67)23-27-57-19-17-22-70-58(20-18-21-69(57)70)28-24-56-26-48-72-74-50-46-68(54-78(74)84(15,16)76(72)52-56)86(65-41-33-61(34-42-65)81(7,8)9)66-43-35-62(36-44-66)82(10,11)12/h17-54H,1-16H3. The fourth-order valence-corrected chi connectivity index (χ4v) is 13.3. The van der Waals surface area contributed by atoms with E-state index in [2.05, 4.69) is 351 Å². The highest BCUT2D eigenvalue weighted by Gasteiger charge is 2.38. The molecule has 10 aromatic rings. The molecule has 2 heteroatoms. The van der Waals surface area contributed by atoms with Crippen LogP contribution in [0, 0.1) is 0 Å². The zero-order valence-corrected chi connectivity index (χ0v) is 53.8. The summed E-state index contributed by atoms with van der Waals surface area (Å²) >= 11 is 0. The third-order valence-electron chi connectivity index (χ3n) is 18.7. The zero-order chi connectivity index (χ0) is 60.9. The van der Waals surface area contributed by atoms with Gasteiger partial charge >= 0.3 is 0 Å². The topological polar surface area (TPSA) is 6.48 Å². The molecule has 12 rings (SSSR count). The minimum Gasteiger partial charge on any atom is -0.310 e. The maximum Gasteiger partial charge on any atom is 0.0465 e. The third kappa shape index (κ3) is 10.8. The smallest absolute Gasteiger partial charge is 0.0465 e. The minimum absolute atomic E-state index is 0.0729. The monoisotopic (exact) mass is 1120 g/mol. The van der Waals surface area contributed by atoms with Crippen LogP contribution in [0.25, 0.3) is 57.3 Å². The lowest BCUT2D eigenvalue weighted by atomic mass is 9.81.